The first-order chi connectivity index (χ1) is 14.0. The molecule has 2 heterocycles. The average molecular weight is 418 g/mol. The van der Waals surface area contributed by atoms with E-state index in [9.17, 15) is 22.8 Å². The van der Waals surface area contributed by atoms with Gasteiger partial charge in [0.1, 0.15) is 0 Å². The van der Waals surface area contributed by atoms with E-state index in [4.69, 9.17) is 0 Å². The van der Waals surface area contributed by atoms with E-state index in [2.05, 4.69) is 10.4 Å². The van der Waals surface area contributed by atoms with Crippen LogP contribution in [0.2, 0.25) is 0 Å². The maximum Gasteiger partial charge on any atom is 0.416 e. The zero-order chi connectivity index (χ0) is 21.8. The van der Waals surface area contributed by atoms with E-state index in [0.717, 1.165) is 29.7 Å². The van der Waals surface area contributed by atoms with Gasteiger partial charge in [-0.15, -0.1) is 0 Å². The van der Waals surface area contributed by atoms with Gasteiger partial charge in [-0.3, -0.25) is 9.59 Å². The number of aromatic nitrogens is 3. The Morgan fingerprint density at radius 3 is 2.47 bits per heavy atom. The Hall–Kier alpha value is -3.10. The predicted molar refractivity (Wildman–Crippen MR) is 108 cm³/mol. The maximum absolute atomic E-state index is 13.2. The monoisotopic (exact) mass is 418 g/mol. The number of rotatable bonds is 4. The summed E-state index contributed by atoms with van der Waals surface area (Å²) in [5, 5.41) is 8.09. The topological polar surface area (TPSA) is 68.9 Å². The first kappa shape index (κ1) is 20.2. The molecule has 0 bridgehead atoms. The molecule has 0 saturated heterocycles. The second kappa shape index (κ2) is 7.00. The summed E-state index contributed by atoms with van der Waals surface area (Å²) in [5.74, 6) is 0.337. The van der Waals surface area contributed by atoms with Crippen molar-refractivity contribution in [2.75, 3.05) is 5.32 Å². The Morgan fingerprint density at radius 2 is 1.83 bits per heavy atom. The van der Waals surface area contributed by atoms with Crippen molar-refractivity contribution in [1.29, 1.82) is 0 Å². The van der Waals surface area contributed by atoms with Crippen LogP contribution in [0.15, 0.2) is 40.1 Å². The first-order valence-electron chi connectivity index (χ1n) is 9.63. The molecule has 1 aromatic carbocycles. The highest BCUT2D eigenvalue weighted by molar-refractivity contribution is 5.90. The highest BCUT2D eigenvalue weighted by Gasteiger charge is 2.31. The number of nitrogens with zero attached hydrogens (tertiary/aromatic N) is 3. The van der Waals surface area contributed by atoms with Gasteiger partial charge < -0.3 is 9.88 Å². The zero-order valence-electron chi connectivity index (χ0n) is 16.7. The van der Waals surface area contributed by atoms with Crippen molar-refractivity contribution in [2.24, 2.45) is 7.05 Å². The second-order valence-electron chi connectivity index (χ2n) is 7.85. The summed E-state index contributed by atoms with van der Waals surface area (Å²) in [4.78, 5) is 24.9. The van der Waals surface area contributed by atoms with Gasteiger partial charge in [0.05, 0.1) is 17.0 Å². The fourth-order valence-electron chi connectivity index (χ4n) is 3.60. The lowest BCUT2D eigenvalue weighted by Crippen LogP contribution is -2.26. The van der Waals surface area contributed by atoms with Gasteiger partial charge in [0.25, 0.3) is 11.1 Å². The van der Waals surface area contributed by atoms with Gasteiger partial charge in [0, 0.05) is 30.7 Å². The van der Waals surface area contributed by atoms with Crippen LogP contribution in [-0.2, 0) is 13.2 Å². The quantitative estimate of drug-likeness (QED) is 0.697. The fourth-order valence-corrected chi connectivity index (χ4v) is 3.60. The Labute approximate surface area is 170 Å². The Morgan fingerprint density at radius 1 is 1.13 bits per heavy atom. The molecule has 1 aliphatic rings. The van der Waals surface area contributed by atoms with Gasteiger partial charge in [0.2, 0.25) is 0 Å². The lowest BCUT2D eigenvalue weighted by molar-refractivity contribution is -0.137. The summed E-state index contributed by atoms with van der Waals surface area (Å²) in [7, 11) is 1.47. The molecule has 1 unspecified atom stereocenters. The number of hydrogen-bond acceptors (Lipinski definition) is 4. The highest BCUT2D eigenvalue weighted by Crippen LogP contribution is 2.35. The number of nitrogens with one attached hydrogen (secondary N) is 1. The summed E-state index contributed by atoms with van der Waals surface area (Å²) in [6.45, 7) is 3.34. The van der Waals surface area contributed by atoms with E-state index in [-0.39, 0.29) is 17.0 Å². The summed E-state index contributed by atoms with van der Waals surface area (Å²) in [6.07, 6.45) is -1.03. The molecular formula is C21H21F3N4O2. The van der Waals surface area contributed by atoms with Crippen LogP contribution in [0.3, 0.4) is 0 Å². The number of hydrogen-bond donors (Lipinski definition) is 1. The smallest absolute Gasteiger partial charge is 0.362 e. The molecule has 1 aliphatic carbocycles. The Balaban J connectivity index is 1.79. The van der Waals surface area contributed by atoms with Crippen LogP contribution in [0.5, 0.6) is 0 Å². The van der Waals surface area contributed by atoms with Crippen LogP contribution in [-0.4, -0.2) is 14.3 Å². The van der Waals surface area contributed by atoms with Gasteiger partial charge in [-0.2, -0.15) is 18.3 Å². The average Bonchev–Trinajstić information content (AvgIpc) is 3.49. The van der Waals surface area contributed by atoms with Crippen LogP contribution < -0.4 is 16.4 Å². The van der Waals surface area contributed by atoms with E-state index in [1.54, 1.807) is 30.7 Å². The van der Waals surface area contributed by atoms with E-state index >= 15 is 0 Å². The van der Waals surface area contributed by atoms with Crippen molar-refractivity contribution in [1.82, 2.24) is 14.3 Å². The third-order valence-electron chi connectivity index (χ3n) is 5.33. The van der Waals surface area contributed by atoms with Gasteiger partial charge in [0.15, 0.2) is 5.82 Å². The number of fused-ring (bicyclic) bond motifs is 1. The molecule has 1 atom stereocenters. The summed E-state index contributed by atoms with van der Waals surface area (Å²) in [6, 6.07) is 4.79. The van der Waals surface area contributed by atoms with E-state index in [0.29, 0.717) is 22.3 Å². The van der Waals surface area contributed by atoms with Crippen molar-refractivity contribution >= 4 is 16.6 Å². The van der Waals surface area contributed by atoms with Gasteiger partial charge in [-0.1, -0.05) is 11.6 Å². The number of benzene rings is 1. The molecule has 0 radical (unpaired) electrons. The van der Waals surface area contributed by atoms with Crippen molar-refractivity contribution in [3.05, 3.63) is 67.9 Å². The van der Waals surface area contributed by atoms with Gasteiger partial charge in [-0.05, 0) is 44.4 Å². The van der Waals surface area contributed by atoms with Crippen molar-refractivity contribution in [2.45, 2.75) is 44.9 Å². The van der Waals surface area contributed by atoms with Crippen molar-refractivity contribution < 1.29 is 13.2 Å². The maximum atomic E-state index is 13.2. The predicted octanol–water partition coefficient (Wildman–Crippen LogP) is 3.93. The first-order valence-corrected chi connectivity index (χ1v) is 9.63. The molecule has 6 nitrogen and oxygen atoms in total. The molecule has 0 aliphatic heterocycles. The molecule has 0 spiro atoms. The lowest BCUT2D eigenvalue weighted by atomic mass is 10.0. The number of aryl methyl sites for hydroxylation is 2. The number of halogens is 3. The molecule has 1 N–H and O–H groups in total. The molecule has 0 amide bonds. The minimum Gasteiger partial charge on any atom is -0.362 e. The standard InChI is InChI=1S/C21H21F3N4O2/c1-11-6-13(8-14(7-11)21(22,23)24)12(2)25-19-17-10-28(15-4-5-15)18(29)9-16(17)20(30)27(3)26-19/h6-10,12,15H,4-5H2,1-3H3,(H,25,26). The fraction of sp³-hybridized carbons (Fsp3) is 0.381. The minimum atomic E-state index is -4.44. The van der Waals surface area contributed by atoms with Crippen LogP contribution in [0, 0.1) is 6.92 Å². The van der Waals surface area contributed by atoms with Gasteiger partial charge >= 0.3 is 6.18 Å². The van der Waals surface area contributed by atoms with Crippen LogP contribution in [0.1, 0.15) is 48.5 Å². The molecule has 1 fully saturated rings. The normalized spacial score (nSPS) is 15.4. The number of alkyl halides is 3. The third-order valence-corrected chi connectivity index (χ3v) is 5.33. The summed E-state index contributed by atoms with van der Waals surface area (Å²) in [5.41, 5.74) is -0.429. The summed E-state index contributed by atoms with van der Waals surface area (Å²) < 4.78 is 42.3. The minimum absolute atomic E-state index is 0.113. The third kappa shape index (κ3) is 3.71. The van der Waals surface area contributed by atoms with Crippen LogP contribution in [0.4, 0.5) is 19.0 Å². The molecule has 30 heavy (non-hydrogen) atoms. The molecule has 2 aromatic heterocycles. The Bertz CT molecular complexity index is 1260. The number of anilines is 1. The van der Waals surface area contributed by atoms with Crippen molar-refractivity contribution in [3.8, 4) is 0 Å². The zero-order valence-corrected chi connectivity index (χ0v) is 16.7. The molecule has 9 heteroatoms. The number of pyridine rings is 1. The van der Waals surface area contributed by atoms with Crippen molar-refractivity contribution in [3.63, 3.8) is 0 Å². The molecule has 4 rings (SSSR count). The van der Waals surface area contributed by atoms with Crippen LogP contribution >= 0.6 is 0 Å². The second-order valence-corrected chi connectivity index (χ2v) is 7.85. The molecule has 3 aromatic rings. The van der Waals surface area contributed by atoms with E-state index in [1.165, 1.54) is 13.1 Å². The summed E-state index contributed by atoms with van der Waals surface area (Å²) >= 11 is 0. The Kier molecular flexibility index (Phi) is 4.71. The lowest BCUT2D eigenvalue weighted by Gasteiger charge is -2.19. The van der Waals surface area contributed by atoms with E-state index in [1.807, 2.05) is 0 Å². The molecule has 1 saturated carbocycles. The van der Waals surface area contributed by atoms with Crippen LogP contribution in [0.25, 0.3) is 10.8 Å². The SMILES string of the molecule is Cc1cc(C(C)Nc2nn(C)c(=O)c3cc(=O)n(C4CC4)cc23)cc(C(F)(F)F)c1. The molecule has 158 valence electrons. The largest absolute Gasteiger partial charge is 0.416 e. The van der Waals surface area contributed by atoms with E-state index < -0.39 is 23.3 Å². The highest BCUT2D eigenvalue weighted by atomic mass is 19.4. The van der Waals surface area contributed by atoms with Gasteiger partial charge in [-0.25, -0.2) is 4.68 Å². The molecular weight excluding hydrogens is 397 g/mol.